The number of rotatable bonds is 4. The predicted molar refractivity (Wildman–Crippen MR) is 77.4 cm³/mol. The van der Waals surface area contributed by atoms with Crippen LogP contribution in [0.2, 0.25) is 0 Å². The molecule has 6 heteroatoms. The number of aryl methyl sites for hydroxylation is 1. The van der Waals surface area contributed by atoms with Gasteiger partial charge in [-0.25, -0.2) is 0 Å². The summed E-state index contributed by atoms with van der Waals surface area (Å²) in [5.41, 5.74) is 7.79. The molecular weight excluding hydrogens is 254 g/mol. The third-order valence-corrected chi connectivity index (χ3v) is 3.09. The highest BCUT2D eigenvalue weighted by molar-refractivity contribution is 5.98. The largest absolute Gasteiger partial charge is 0.397 e. The minimum absolute atomic E-state index is 0.624. The van der Waals surface area contributed by atoms with Gasteiger partial charge >= 0.3 is 0 Å². The molecule has 0 unspecified atom stereocenters. The van der Waals surface area contributed by atoms with Gasteiger partial charge in [0.2, 0.25) is 5.89 Å². The van der Waals surface area contributed by atoms with E-state index >= 15 is 0 Å². The van der Waals surface area contributed by atoms with Crippen molar-refractivity contribution in [3.8, 4) is 0 Å². The lowest BCUT2D eigenvalue weighted by molar-refractivity contribution is 0.377. The van der Waals surface area contributed by atoms with Crippen molar-refractivity contribution >= 4 is 22.1 Å². The van der Waals surface area contributed by atoms with Gasteiger partial charge in [0.15, 0.2) is 5.82 Å². The van der Waals surface area contributed by atoms with Crippen LogP contribution in [0.15, 0.2) is 35.1 Å². The Labute approximate surface area is 116 Å². The van der Waals surface area contributed by atoms with Gasteiger partial charge in [-0.3, -0.25) is 4.98 Å². The van der Waals surface area contributed by atoms with Crippen molar-refractivity contribution in [1.29, 1.82) is 0 Å². The number of nitrogen functional groups attached to an aromatic ring is 1. The summed E-state index contributed by atoms with van der Waals surface area (Å²) in [6.45, 7) is 2.48. The van der Waals surface area contributed by atoms with Gasteiger partial charge in [-0.05, 0) is 19.1 Å². The molecule has 0 aliphatic heterocycles. The number of nitrogens with one attached hydrogen (secondary N) is 1. The molecule has 2 aromatic heterocycles. The maximum Gasteiger partial charge on any atom is 0.228 e. The summed E-state index contributed by atoms with van der Waals surface area (Å²) in [4.78, 5) is 8.24. The maximum atomic E-state index is 6.16. The highest BCUT2D eigenvalue weighted by Crippen LogP contribution is 2.27. The van der Waals surface area contributed by atoms with Gasteiger partial charge in [-0.2, -0.15) is 4.98 Å². The molecule has 6 nitrogen and oxygen atoms in total. The molecule has 0 spiro atoms. The SMILES string of the molecule is Cc1noc(CCNc2ccc3cnccc3c2N)n1. The molecule has 102 valence electrons. The number of benzene rings is 1. The average Bonchev–Trinajstić information content (AvgIpc) is 2.87. The van der Waals surface area contributed by atoms with E-state index in [2.05, 4.69) is 20.4 Å². The fraction of sp³-hybridized carbons (Fsp3) is 0.214. The fourth-order valence-electron chi connectivity index (χ4n) is 2.09. The Morgan fingerprint density at radius 2 is 2.20 bits per heavy atom. The van der Waals surface area contributed by atoms with Gasteiger partial charge in [0.25, 0.3) is 0 Å². The Kier molecular flexibility index (Phi) is 3.20. The zero-order valence-electron chi connectivity index (χ0n) is 11.1. The van der Waals surface area contributed by atoms with Crippen LogP contribution < -0.4 is 11.1 Å². The van der Waals surface area contributed by atoms with Crippen LogP contribution in [-0.4, -0.2) is 21.7 Å². The summed E-state index contributed by atoms with van der Waals surface area (Å²) >= 11 is 0. The second-order valence-corrected chi connectivity index (χ2v) is 4.54. The van der Waals surface area contributed by atoms with E-state index in [4.69, 9.17) is 10.3 Å². The zero-order chi connectivity index (χ0) is 13.9. The van der Waals surface area contributed by atoms with Gasteiger partial charge in [-0.1, -0.05) is 11.2 Å². The highest BCUT2D eigenvalue weighted by Gasteiger charge is 2.06. The van der Waals surface area contributed by atoms with Gasteiger partial charge in [0.05, 0.1) is 11.4 Å². The van der Waals surface area contributed by atoms with Crippen LogP contribution in [0.25, 0.3) is 10.8 Å². The Bertz CT molecular complexity index is 737. The van der Waals surface area contributed by atoms with Crippen LogP contribution in [0, 0.1) is 6.92 Å². The van der Waals surface area contributed by atoms with E-state index in [9.17, 15) is 0 Å². The fourth-order valence-corrected chi connectivity index (χ4v) is 2.09. The summed E-state index contributed by atoms with van der Waals surface area (Å²) < 4.78 is 5.06. The van der Waals surface area contributed by atoms with Crippen molar-refractivity contribution in [2.75, 3.05) is 17.6 Å². The monoisotopic (exact) mass is 269 g/mol. The number of hydrogen-bond acceptors (Lipinski definition) is 6. The number of nitrogens with zero attached hydrogens (tertiary/aromatic N) is 3. The number of anilines is 2. The van der Waals surface area contributed by atoms with Crippen molar-refractivity contribution in [3.05, 3.63) is 42.3 Å². The lowest BCUT2D eigenvalue weighted by Gasteiger charge is -2.10. The lowest BCUT2D eigenvalue weighted by Crippen LogP contribution is -2.07. The van der Waals surface area contributed by atoms with Crippen molar-refractivity contribution in [1.82, 2.24) is 15.1 Å². The van der Waals surface area contributed by atoms with E-state index in [0.717, 1.165) is 22.1 Å². The zero-order valence-corrected chi connectivity index (χ0v) is 11.1. The van der Waals surface area contributed by atoms with Gasteiger partial charge in [-0.15, -0.1) is 0 Å². The first kappa shape index (κ1) is 12.4. The highest BCUT2D eigenvalue weighted by atomic mass is 16.5. The molecule has 2 heterocycles. The van der Waals surface area contributed by atoms with Crippen LogP contribution in [-0.2, 0) is 6.42 Å². The Balaban J connectivity index is 1.73. The molecule has 0 radical (unpaired) electrons. The quantitative estimate of drug-likeness (QED) is 0.705. The topological polar surface area (TPSA) is 89.9 Å². The molecule has 0 amide bonds. The van der Waals surface area contributed by atoms with Crippen LogP contribution in [0.5, 0.6) is 0 Å². The third kappa shape index (κ3) is 2.40. The number of pyridine rings is 1. The van der Waals surface area contributed by atoms with E-state index in [1.807, 2.05) is 18.2 Å². The predicted octanol–water partition coefficient (Wildman–Crippen LogP) is 2.16. The lowest BCUT2D eigenvalue weighted by atomic mass is 10.1. The molecule has 0 atom stereocenters. The van der Waals surface area contributed by atoms with Gasteiger partial charge in [0, 0.05) is 36.1 Å². The first-order valence-electron chi connectivity index (χ1n) is 6.39. The summed E-state index contributed by atoms with van der Waals surface area (Å²) in [5, 5.41) is 9.07. The molecule has 0 aliphatic rings. The molecule has 3 aromatic rings. The Hall–Kier alpha value is -2.63. The maximum absolute atomic E-state index is 6.16. The smallest absolute Gasteiger partial charge is 0.228 e. The second-order valence-electron chi connectivity index (χ2n) is 4.54. The second kappa shape index (κ2) is 5.16. The molecule has 3 rings (SSSR count). The van der Waals surface area contributed by atoms with E-state index in [1.165, 1.54) is 0 Å². The first-order valence-corrected chi connectivity index (χ1v) is 6.39. The van der Waals surface area contributed by atoms with Crippen molar-refractivity contribution in [3.63, 3.8) is 0 Å². The van der Waals surface area contributed by atoms with Crippen molar-refractivity contribution in [2.45, 2.75) is 13.3 Å². The van der Waals surface area contributed by atoms with E-state index in [0.29, 0.717) is 24.7 Å². The minimum Gasteiger partial charge on any atom is -0.397 e. The number of fused-ring (bicyclic) bond motifs is 1. The first-order chi connectivity index (χ1) is 9.74. The van der Waals surface area contributed by atoms with Crippen LogP contribution >= 0.6 is 0 Å². The van der Waals surface area contributed by atoms with Crippen LogP contribution in [0.4, 0.5) is 11.4 Å². The van der Waals surface area contributed by atoms with Crippen molar-refractivity contribution < 1.29 is 4.52 Å². The van der Waals surface area contributed by atoms with Crippen molar-refractivity contribution in [2.24, 2.45) is 0 Å². The Morgan fingerprint density at radius 1 is 1.30 bits per heavy atom. The normalized spacial score (nSPS) is 10.8. The molecule has 1 aromatic carbocycles. The molecule has 3 N–H and O–H groups in total. The molecule has 0 saturated heterocycles. The number of aromatic nitrogens is 3. The average molecular weight is 269 g/mol. The molecule has 0 fully saturated rings. The van der Waals surface area contributed by atoms with Gasteiger partial charge in [0.1, 0.15) is 0 Å². The molecular formula is C14H15N5O. The van der Waals surface area contributed by atoms with Crippen LogP contribution in [0.3, 0.4) is 0 Å². The van der Waals surface area contributed by atoms with E-state index < -0.39 is 0 Å². The van der Waals surface area contributed by atoms with Gasteiger partial charge < -0.3 is 15.6 Å². The minimum atomic E-state index is 0.624. The summed E-state index contributed by atoms with van der Waals surface area (Å²) in [7, 11) is 0. The number of nitrogens with two attached hydrogens (primary N) is 1. The third-order valence-electron chi connectivity index (χ3n) is 3.09. The molecule has 0 bridgehead atoms. The molecule has 0 saturated carbocycles. The summed E-state index contributed by atoms with van der Waals surface area (Å²) in [5.74, 6) is 1.27. The van der Waals surface area contributed by atoms with E-state index in [-0.39, 0.29) is 0 Å². The molecule has 20 heavy (non-hydrogen) atoms. The standard InChI is InChI=1S/C14H15N5O/c1-9-18-13(20-19-9)5-7-17-12-3-2-10-8-16-6-4-11(10)14(12)15/h2-4,6,8,17H,5,7,15H2,1H3. The Morgan fingerprint density at radius 3 is 3.00 bits per heavy atom. The molecule has 0 aliphatic carbocycles. The van der Waals surface area contributed by atoms with E-state index in [1.54, 1.807) is 19.3 Å². The van der Waals surface area contributed by atoms with Crippen LogP contribution in [0.1, 0.15) is 11.7 Å². The summed E-state index contributed by atoms with van der Waals surface area (Å²) in [6.07, 6.45) is 4.20. The summed E-state index contributed by atoms with van der Waals surface area (Å²) in [6, 6.07) is 5.87. The number of hydrogen-bond donors (Lipinski definition) is 2.